The highest BCUT2D eigenvalue weighted by Gasteiger charge is 2.50. The van der Waals surface area contributed by atoms with Crippen LogP contribution in [-0.2, 0) is 5.41 Å². The Hall–Kier alpha value is -7.76. The number of rotatable bonds is 6. The van der Waals surface area contributed by atoms with E-state index >= 15 is 0 Å². The first-order valence-corrected chi connectivity index (χ1v) is 25.2. The van der Waals surface area contributed by atoms with Crippen LogP contribution in [0.5, 0.6) is 0 Å². The molecule has 0 unspecified atom stereocenters. The number of hydrogen-bond acceptors (Lipinski definition) is 3. The predicted octanol–water partition coefficient (Wildman–Crippen LogP) is 13.4. The molecule has 11 aromatic rings. The summed E-state index contributed by atoms with van der Waals surface area (Å²) in [7, 11) is -2.74. The van der Waals surface area contributed by atoms with E-state index in [1.807, 2.05) is 11.3 Å². The van der Waals surface area contributed by atoms with Crippen molar-refractivity contribution in [2.24, 2.45) is 0 Å². The lowest BCUT2D eigenvalue weighted by molar-refractivity contribution is 0.732. The minimum absolute atomic E-state index is 0.637. The Morgan fingerprint density at radius 1 is 0.323 bits per heavy atom. The highest BCUT2D eigenvalue weighted by Crippen LogP contribution is 2.58. The van der Waals surface area contributed by atoms with E-state index < -0.39 is 13.5 Å². The van der Waals surface area contributed by atoms with E-state index in [0.29, 0.717) is 0 Å². The molecule has 0 N–H and O–H groups in total. The van der Waals surface area contributed by atoms with Gasteiger partial charge in [0.1, 0.15) is 0 Å². The summed E-state index contributed by atoms with van der Waals surface area (Å²) in [6, 6.07) is 95.4. The number of nitrogens with zero attached hydrogens (tertiary/aromatic N) is 2. The van der Waals surface area contributed by atoms with Crippen molar-refractivity contribution in [3.8, 4) is 0 Å². The Bertz CT molecular complexity index is 3430. The van der Waals surface area contributed by atoms with Gasteiger partial charge < -0.3 is 9.80 Å². The van der Waals surface area contributed by atoms with Gasteiger partial charge in [-0.25, -0.2) is 0 Å². The summed E-state index contributed by atoms with van der Waals surface area (Å²) in [5.74, 6) is 0. The van der Waals surface area contributed by atoms with Gasteiger partial charge in [-0.1, -0.05) is 194 Å². The van der Waals surface area contributed by atoms with Gasteiger partial charge in [0.05, 0.1) is 16.8 Å². The largest absolute Gasteiger partial charge is 0.311 e. The van der Waals surface area contributed by atoms with E-state index in [9.17, 15) is 0 Å². The second kappa shape index (κ2) is 14.9. The molecule has 0 atom stereocenters. The summed E-state index contributed by atoms with van der Waals surface area (Å²) in [6.45, 7) is 0. The van der Waals surface area contributed by atoms with Crippen LogP contribution in [0, 0.1) is 0 Å². The summed E-state index contributed by atoms with van der Waals surface area (Å²) in [4.78, 5) is 4.97. The second-order valence-electron chi connectivity index (χ2n) is 17.2. The van der Waals surface area contributed by atoms with Gasteiger partial charge in [-0.05, 0) is 104 Å². The van der Waals surface area contributed by atoms with Gasteiger partial charge in [-0.2, -0.15) is 0 Å². The molecule has 13 rings (SSSR count). The third-order valence-electron chi connectivity index (χ3n) is 14.0. The van der Waals surface area contributed by atoms with E-state index in [0.717, 1.165) is 11.4 Å². The van der Waals surface area contributed by atoms with Crippen molar-refractivity contribution in [2.75, 3.05) is 9.80 Å². The molecule has 0 amide bonds. The van der Waals surface area contributed by atoms with Crippen LogP contribution >= 0.6 is 11.3 Å². The van der Waals surface area contributed by atoms with Crippen LogP contribution in [0.25, 0.3) is 20.2 Å². The minimum Gasteiger partial charge on any atom is -0.311 e. The molecule has 0 saturated heterocycles. The Balaban J connectivity index is 1.05. The van der Waals surface area contributed by atoms with Gasteiger partial charge >= 0.3 is 0 Å². The molecule has 2 aliphatic heterocycles. The van der Waals surface area contributed by atoms with E-state index in [4.69, 9.17) is 0 Å². The SMILES string of the molecule is c1ccc(N2c3ccccc3C(c3ccc(N4c5ccccc5[Si](c5ccccc5)(c5ccccc5)c5ccccc54)cc3)(c3ccc4c(c3)sc3ccccc34)c3ccccc32)cc1. The molecule has 4 heteroatoms. The zero-order valence-corrected chi connectivity index (χ0v) is 37.4. The van der Waals surface area contributed by atoms with Crippen molar-refractivity contribution in [2.45, 2.75) is 5.41 Å². The zero-order valence-electron chi connectivity index (χ0n) is 35.6. The third-order valence-corrected chi connectivity index (χ3v) is 20.0. The molecular formula is C61H42N2SSi. The van der Waals surface area contributed by atoms with Crippen molar-refractivity contribution in [3.05, 3.63) is 277 Å². The number of para-hydroxylation sites is 5. The second-order valence-corrected chi connectivity index (χ2v) is 22.0. The number of anilines is 6. The average Bonchev–Trinajstić information content (AvgIpc) is 3.76. The van der Waals surface area contributed by atoms with Gasteiger partial charge in [0.25, 0.3) is 0 Å². The third kappa shape index (κ3) is 5.45. The standard InChI is InChI=1S/C61H42N2SSi/c1-4-20-45(21-5-1)62-53-29-13-11-27-51(53)61(52-28-12-14-30-54(52)62,44-38-41-50-49-26-10-17-33-57(49)64-58(50)42-44)43-36-39-46(40-37-43)63-55-31-15-18-34-59(55)65(47-22-6-2-7-23-47,48-24-8-3-9-25-48)60-35-19-16-32-56(60)63/h1-42H. The molecule has 306 valence electrons. The van der Waals surface area contributed by atoms with Crippen molar-refractivity contribution in [1.82, 2.24) is 0 Å². The van der Waals surface area contributed by atoms with Crippen LogP contribution in [0.2, 0.25) is 0 Å². The Morgan fingerprint density at radius 2 is 0.754 bits per heavy atom. The minimum atomic E-state index is -2.74. The van der Waals surface area contributed by atoms with Crippen molar-refractivity contribution in [3.63, 3.8) is 0 Å². The maximum Gasteiger partial charge on any atom is 0.184 e. The smallest absolute Gasteiger partial charge is 0.184 e. The molecule has 0 radical (unpaired) electrons. The molecule has 2 aliphatic rings. The molecule has 0 saturated carbocycles. The van der Waals surface area contributed by atoms with E-state index in [2.05, 4.69) is 265 Å². The first-order chi connectivity index (χ1) is 32.3. The molecule has 0 fully saturated rings. The van der Waals surface area contributed by atoms with Crippen LogP contribution in [0.3, 0.4) is 0 Å². The topological polar surface area (TPSA) is 6.48 Å². The fraction of sp³-hybridized carbons (Fsp3) is 0.0164. The molecule has 65 heavy (non-hydrogen) atoms. The molecule has 2 nitrogen and oxygen atoms in total. The van der Waals surface area contributed by atoms with Gasteiger partial charge in [0.15, 0.2) is 8.07 Å². The Labute approximate surface area is 384 Å². The maximum atomic E-state index is 2.52. The van der Waals surface area contributed by atoms with Gasteiger partial charge in [-0.15, -0.1) is 11.3 Å². The lowest BCUT2D eigenvalue weighted by Crippen LogP contribution is -2.77. The van der Waals surface area contributed by atoms with Crippen LogP contribution in [0.4, 0.5) is 34.1 Å². The monoisotopic (exact) mass is 862 g/mol. The molecule has 0 spiro atoms. The Morgan fingerprint density at radius 3 is 1.35 bits per heavy atom. The van der Waals surface area contributed by atoms with Crippen LogP contribution in [0.15, 0.2) is 255 Å². The normalized spacial score (nSPS) is 14.3. The number of benzene rings is 10. The summed E-state index contributed by atoms with van der Waals surface area (Å²) in [5.41, 5.74) is 11.5. The molecule has 1 aromatic heterocycles. The summed E-state index contributed by atoms with van der Waals surface area (Å²) in [5, 5.41) is 8.17. The fourth-order valence-electron chi connectivity index (χ4n) is 11.4. The van der Waals surface area contributed by atoms with Crippen LogP contribution < -0.4 is 30.5 Å². The van der Waals surface area contributed by atoms with Crippen molar-refractivity contribution in [1.29, 1.82) is 0 Å². The first-order valence-electron chi connectivity index (χ1n) is 22.4. The summed E-state index contributed by atoms with van der Waals surface area (Å²) >= 11 is 1.88. The van der Waals surface area contributed by atoms with E-state index in [-0.39, 0.29) is 0 Å². The predicted molar refractivity (Wildman–Crippen MR) is 278 cm³/mol. The van der Waals surface area contributed by atoms with Crippen LogP contribution in [-0.4, -0.2) is 8.07 Å². The van der Waals surface area contributed by atoms with E-state index in [1.165, 1.54) is 85.9 Å². The van der Waals surface area contributed by atoms with Gasteiger partial charge in [0, 0.05) is 42.9 Å². The summed E-state index contributed by atoms with van der Waals surface area (Å²) in [6.07, 6.45) is 0. The average molecular weight is 863 g/mol. The number of thiophene rings is 1. The van der Waals surface area contributed by atoms with Gasteiger partial charge in [0.2, 0.25) is 0 Å². The van der Waals surface area contributed by atoms with Crippen molar-refractivity contribution >= 4 is 94.5 Å². The zero-order chi connectivity index (χ0) is 43.0. The summed E-state index contributed by atoms with van der Waals surface area (Å²) < 4.78 is 2.61. The molecule has 10 aromatic carbocycles. The quantitative estimate of drug-likeness (QED) is 0.154. The molecule has 0 bridgehead atoms. The molecule has 3 heterocycles. The Kier molecular flexibility index (Phi) is 8.67. The lowest BCUT2D eigenvalue weighted by atomic mass is 9.62. The highest BCUT2D eigenvalue weighted by molar-refractivity contribution is 7.25. The highest BCUT2D eigenvalue weighted by atomic mass is 32.1. The molecule has 0 aliphatic carbocycles. The number of hydrogen-bond donors (Lipinski definition) is 0. The van der Waals surface area contributed by atoms with Gasteiger partial charge in [-0.3, -0.25) is 0 Å². The fourth-order valence-corrected chi connectivity index (χ4v) is 17.6. The van der Waals surface area contributed by atoms with Crippen molar-refractivity contribution < 1.29 is 0 Å². The van der Waals surface area contributed by atoms with Crippen LogP contribution in [0.1, 0.15) is 22.3 Å². The number of fused-ring (bicyclic) bond motifs is 7. The maximum absolute atomic E-state index is 2.74. The first kappa shape index (κ1) is 37.8. The lowest BCUT2D eigenvalue weighted by Gasteiger charge is -2.47. The van der Waals surface area contributed by atoms with E-state index in [1.54, 1.807) is 0 Å². The molecular weight excluding hydrogens is 821 g/mol.